The molecular formula is C16H16N2O3. The third kappa shape index (κ3) is 2.83. The molecule has 0 radical (unpaired) electrons. The fourth-order valence-electron chi connectivity index (χ4n) is 2.46. The van der Waals surface area contributed by atoms with Crippen molar-refractivity contribution in [2.45, 2.75) is 12.8 Å². The summed E-state index contributed by atoms with van der Waals surface area (Å²) in [6.07, 6.45) is 3.61. The van der Waals surface area contributed by atoms with Crippen LogP contribution in [0.15, 0.2) is 53.3 Å². The molecule has 2 N–H and O–H groups in total. The molecule has 3 rings (SSSR count). The summed E-state index contributed by atoms with van der Waals surface area (Å²) in [5.41, 5.74) is 4.87. The number of furan rings is 1. The minimum Gasteiger partial charge on any atom is -0.469 e. The predicted octanol–water partition coefficient (Wildman–Crippen LogP) is 2.96. The fourth-order valence-corrected chi connectivity index (χ4v) is 2.46. The van der Waals surface area contributed by atoms with Gasteiger partial charge in [0, 0.05) is 30.6 Å². The van der Waals surface area contributed by atoms with Crippen LogP contribution in [0.3, 0.4) is 0 Å². The van der Waals surface area contributed by atoms with Gasteiger partial charge in [0.1, 0.15) is 5.76 Å². The van der Waals surface area contributed by atoms with Crippen LogP contribution in [0.25, 0.3) is 10.9 Å². The lowest BCUT2D eigenvalue weighted by molar-refractivity contribution is -0.148. The van der Waals surface area contributed by atoms with Crippen molar-refractivity contribution in [3.8, 4) is 0 Å². The molecule has 5 heteroatoms. The molecule has 1 atom stereocenters. The lowest BCUT2D eigenvalue weighted by atomic mass is 9.96. The molecule has 2 aromatic heterocycles. The number of para-hydroxylation sites is 1. The smallest absolute Gasteiger partial charge is 0.321 e. The van der Waals surface area contributed by atoms with E-state index >= 15 is 0 Å². The number of aromatic amines is 1. The van der Waals surface area contributed by atoms with Crippen molar-refractivity contribution in [1.82, 2.24) is 10.5 Å². The number of carbonyl (C=O) groups is 1. The van der Waals surface area contributed by atoms with Crippen molar-refractivity contribution in [2.75, 3.05) is 6.54 Å². The summed E-state index contributed by atoms with van der Waals surface area (Å²) in [6, 6.07) is 11.8. The van der Waals surface area contributed by atoms with Gasteiger partial charge in [0.25, 0.3) is 0 Å². The number of aromatic nitrogens is 1. The zero-order valence-electron chi connectivity index (χ0n) is 11.6. The normalized spacial score (nSPS) is 12.4. The zero-order chi connectivity index (χ0) is 14.7. The molecule has 0 aliphatic carbocycles. The van der Waals surface area contributed by atoms with E-state index in [2.05, 4.69) is 16.5 Å². The van der Waals surface area contributed by atoms with Gasteiger partial charge in [-0.05, 0) is 23.8 Å². The highest BCUT2D eigenvalue weighted by molar-refractivity contribution is 5.84. The Morgan fingerprint density at radius 1 is 1.33 bits per heavy atom. The molecule has 0 saturated heterocycles. The number of hydrogen-bond acceptors (Lipinski definition) is 4. The van der Waals surface area contributed by atoms with Crippen LogP contribution in [0.2, 0.25) is 0 Å². The number of benzene rings is 1. The maximum atomic E-state index is 10.9. The minimum absolute atomic E-state index is 0.0458. The fraction of sp³-hybridized carbons (Fsp3) is 0.188. The first-order valence-electron chi connectivity index (χ1n) is 6.75. The summed E-state index contributed by atoms with van der Waals surface area (Å²) in [4.78, 5) is 19.0. The Balaban J connectivity index is 1.93. The van der Waals surface area contributed by atoms with Gasteiger partial charge in [0.2, 0.25) is 0 Å². The van der Waals surface area contributed by atoms with Gasteiger partial charge in [-0.1, -0.05) is 18.2 Å². The first kappa shape index (κ1) is 13.5. The topological polar surface area (TPSA) is 67.3 Å². The summed E-state index contributed by atoms with van der Waals surface area (Å²) in [5, 5.41) is 1.13. The van der Waals surface area contributed by atoms with Crippen LogP contribution < -0.4 is 5.48 Å². The van der Waals surface area contributed by atoms with Gasteiger partial charge in [0.15, 0.2) is 0 Å². The van der Waals surface area contributed by atoms with Crippen LogP contribution in [-0.2, 0) is 9.63 Å². The van der Waals surface area contributed by atoms with Crippen molar-refractivity contribution >= 4 is 16.9 Å². The summed E-state index contributed by atoms with van der Waals surface area (Å²) >= 11 is 0. The van der Waals surface area contributed by atoms with E-state index in [1.165, 1.54) is 6.92 Å². The summed E-state index contributed by atoms with van der Waals surface area (Å²) in [7, 11) is 0. The summed E-state index contributed by atoms with van der Waals surface area (Å²) in [5.74, 6) is 0.405. The quantitative estimate of drug-likeness (QED) is 0.707. The number of hydrogen-bond donors (Lipinski definition) is 2. The predicted molar refractivity (Wildman–Crippen MR) is 78.6 cm³/mol. The minimum atomic E-state index is -0.368. The van der Waals surface area contributed by atoms with Crippen molar-refractivity contribution in [3.63, 3.8) is 0 Å². The van der Waals surface area contributed by atoms with E-state index in [1.54, 1.807) is 6.26 Å². The monoisotopic (exact) mass is 284 g/mol. The Kier molecular flexibility index (Phi) is 3.75. The van der Waals surface area contributed by atoms with Gasteiger partial charge >= 0.3 is 5.97 Å². The SMILES string of the molecule is CC(=O)ONCC(c1ccco1)c1c[nH]c2ccccc12. The highest BCUT2D eigenvalue weighted by Crippen LogP contribution is 2.30. The maximum absolute atomic E-state index is 10.9. The van der Waals surface area contributed by atoms with Crippen LogP contribution in [0.4, 0.5) is 0 Å². The van der Waals surface area contributed by atoms with Gasteiger partial charge in [-0.25, -0.2) is 0 Å². The van der Waals surface area contributed by atoms with Crippen LogP contribution in [0, 0.1) is 0 Å². The van der Waals surface area contributed by atoms with E-state index in [1.807, 2.05) is 36.5 Å². The molecule has 21 heavy (non-hydrogen) atoms. The number of fused-ring (bicyclic) bond motifs is 1. The molecule has 0 amide bonds. The number of nitrogens with one attached hydrogen (secondary N) is 2. The second-order valence-electron chi connectivity index (χ2n) is 4.80. The lowest BCUT2D eigenvalue weighted by Crippen LogP contribution is -2.24. The third-order valence-corrected chi connectivity index (χ3v) is 3.39. The molecular weight excluding hydrogens is 268 g/mol. The van der Waals surface area contributed by atoms with Gasteiger partial charge in [-0.3, -0.25) is 4.79 Å². The van der Waals surface area contributed by atoms with Crippen molar-refractivity contribution < 1.29 is 14.0 Å². The van der Waals surface area contributed by atoms with Gasteiger partial charge in [0.05, 0.1) is 12.2 Å². The zero-order valence-corrected chi connectivity index (χ0v) is 11.6. The second-order valence-corrected chi connectivity index (χ2v) is 4.80. The van der Waals surface area contributed by atoms with Crippen LogP contribution >= 0.6 is 0 Å². The second kappa shape index (κ2) is 5.85. The molecule has 1 unspecified atom stereocenters. The largest absolute Gasteiger partial charge is 0.469 e. The maximum Gasteiger partial charge on any atom is 0.321 e. The summed E-state index contributed by atoms with van der Waals surface area (Å²) < 4.78 is 5.53. The molecule has 2 heterocycles. The van der Waals surface area contributed by atoms with Crippen LogP contribution in [0.5, 0.6) is 0 Å². The lowest BCUT2D eigenvalue weighted by Gasteiger charge is -2.14. The summed E-state index contributed by atoms with van der Waals surface area (Å²) in [6.45, 7) is 1.80. The highest BCUT2D eigenvalue weighted by Gasteiger charge is 2.20. The molecule has 0 saturated carbocycles. The molecule has 1 aromatic carbocycles. The standard InChI is InChI=1S/C16H16N2O3/c1-11(19)21-18-10-14(16-7-4-8-20-16)13-9-17-15-6-3-2-5-12(13)15/h2-9,14,17-18H,10H2,1H3. The number of hydroxylamine groups is 1. The number of rotatable bonds is 5. The first-order chi connectivity index (χ1) is 10.3. The van der Waals surface area contributed by atoms with Crippen molar-refractivity contribution in [3.05, 3.63) is 60.2 Å². The molecule has 0 bridgehead atoms. The van der Waals surface area contributed by atoms with E-state index < -0.39 is 0 Å². The van der Waals surface area contributed by atoms with E-state index in [4.69, 9.17) is 9.25 Å². The number of H-pyrrole nitrogens is 1. The molecule has 0 aliphatic heterocycles. The van der Waals surface area contributed by atoms with Crippen molar-refractivity contribution in [1.29, 1.82) is 0 Å². The Morgan fingerprint density at radius 3 is 2.95 bits per heavy atom. The molecule has 3 aromatic rings. The van der Waals surface area contributed by atoms with Gasteiger partial charge in [-0.15, -0.1) is 0 Å². The molecule has 0 fully saturated rings. The van der Waals surface area contributed by atoms with Crippen LogP contribution in [0.1, 0.15) is 24.2 Å². The molecule has 5 nitrogen and oxygen atoms in total. The molecule has 0 aliphatic rings. The van der Waals surface area contributed by atoms with Crippen molar-refractivity contribution in [2.24, 2.45) is 0 Å². The van der Waals surface area contributed by atoms with E-state index in [0.29, 0.717) is 6.54 Å². The Bertz CT molecular complexity index is 731. The highest BCUT2D eigenvalue weighted by atomic mass is 16.7. The number of carbonyl (C=O) groups excluding carboxylic acids is 1. The van der Waals surface area contributed by atoms with Crippen LogP contribution in [-0.4, -0.2) is 17.5 Å². The average Bonchev–Trinajstić information content (AvgIpc) is 3.13. The van der Waals surface area contributed by atoms with Gasteiger partial charge < -0.3 is 14.2 Å². The van der Waals surface area contributed by atoms with E-state index in [-0.39, 0.29) is 11.9 Å². The third-order valence-electron chi connectivity index (χ3n) is 3.39. The average molecular weight is 284 g/mol. The first-order valence-corrected chi connectivity index (χ1v) is 6.75. The Morgan fingerprint density at radius 2 is 2.19 bits per heavy atom. The Hall–Kier alpha value is -2.53. The molecule has 108 valence electrons. The van der Waals surface area contributed by atoms with E-state index in [9.17, 15) is 4.79 Å². The Labute approximate surface area is 121 Å². The van der Waals surface area contributed by atoms with E-state index in [0.717, 1.165) is 22.2 Å². The molecule has 0 spiro atoms. The van der Waals surface area contributed by atoms with Gasteiger partial charge in [-0.2, -0.15) is 5.48 Å².